The van der Waals surface area contributed by atoms with Gasteiger partial charge in [0.25, 0.3) is 0 Å². The molecule has 1 aromatic heterocycles. The standard InChI is InChI=1S/C21H22F2N4O3.HI/c1-2-24-21(26-11-15-7-13-5-3-4-6-16(13)27-15)25-10-14-8-18-19(29-12-28-18)9-17(14)30-20(22)23;/h3-9,20,27H,2,10-12H2,1H3,(H2,24,25,26);1H. The molecule has 4 rings (SSSR count). The summed E-state index contributed by atoms with van der Waals surface area (Å²) in [5, 5.41) is 7.52. The molecular weight excluding hydrogens is 521 g/mol. The van der Waals surface area contributed by atoms with Crippen molar-refractivity contribution in [3.8, 4) is 17.2 Å². The molecule has 31 heavy (non-hydrogen) atoms. The second kappa shape index (κ2) is 10.5. The highest BCUT2D eigenvalue weighted by Gasteiger charge is 2.20. The van der Waals surface area contributed by atoms with E-state index in [0.717, 1.165) is 16.6 Å². The number of rotatable bonds is 7. The average Bonchev–Trinajstić information content (AvgIpc) is 3.35. The Morgan fingerprint density at radius 2 is 1.94 bits per heavy atom. The maximum absolute atomic E-state index is 12.8. The summed E-state index contributed by atoms with van der Waals surface area (Å²) >= 11 is 0. The number of alkyl halides is 2. The lowest BCUT2D eigenvalue weighted by molar-refractivity contribution is -0.0505. The fourth-order valence-electron chi connectivity index (χ4n) is 3.21. The van der Waals surface area contributed by atoms with Gasteiger partial charge in [-0.1, -0.05) is 18.2 Å². The molecular formula is C21H23F2IN4O3. The summed E-state index contributed by atoms with van der Waals surface area (Å²) in [6, 6.07) is 13.1. The van der Waals surface area contributed by atoms with E-state index in [1.54, 1.807) is 6.07 Å². The van der Waals surface area contributed by atoms with Crippen LogP contribution in [-0.2, 0) is 13.1 Å². The Bertz CT molecular complexity index is 1030. The smallest absolute Gasteiger partial charge is 0.387 e. The van der Waals surface area contributed by atoms with E-state index in [-0.39, 0.29) is 43.1 Å². The highest BCUT2D eigenvalue weighted by atomic mass is 127. The van der Waals surface area contributed by atoms with Crippen LogP contribution in [0.3, 0.4) is 0 Å². The topological polar surface area (TPSA) is 79.9 Å². The van der Waals surface area contributed by atoms with Gasteiger partial charge in [0, 0.05) is 29.4 Å². The van der Waals surface area contributed by atoms with Crippen LogP contribution in [0.15, 0.2) is 47.5 Å². The summed E-state index contributed by atoms with van der Waals surface area (Å²) < 4.78 is 40.8. The first-order chi connectivity index (χ1) is 14.6. The first-order valence-corrected chi connectivity index (χ1v) is 9.58. The molecule has 0 unspecified atom stereocenters. The van der Waals surface area contributed by atoms with Crippen molar-refractivity contribution in [1.82, 2.24) is 15.6 Å². The van der Waals surface area contributed by atoms with Gasteiger partial charge in [-0.2, -0.15) is 8.78 Å². The average molecular weight is 544 g/mol. The minimum atomic E-state index is -2.94. The zero-order chi connectivity index (χ0) is 20.9. The van der Waals surface area contributed by atoms with E-state index in [2.05, 4.69) is 31.4 Å². The van der Waals surface area contributed by atoms with E-state index in [1.165, 1.54) is 6.07 Å². The zero-order valence-electron chi connectivity index (χ0n) is 16.8. The van der Waals surface area contributed by atoms with Crippen LogP contribution in [0.5, 0.6) is 17.2 Å². The molecule has 0 fully saturated rings. The van der Waals surface area contributed by atoms with Gasteiger partial charge in [0.15, 0.2) is 17.5 Å². The monoisotopic (exact) mass is 544 g/mol. The van der Waals surface area contributed by atoms with Crippen LogP contribution in [0.25, 0.3) is 10.9 Å². The number of halogens is 3. The van der Waals surface area contributed by atoms with Crippen LogP contribution in [0, 0.1) is 0 Å². The molecule has 0 saturated carbocycles. The molecule has 0 spiro atoms. The summed E-state index contributed by atoms with van der Waals surface area (Å²) in [6.07, 6.45) is 0. The van der Waals surface area contributed by atoms with Crippen LogP contribution in [-0.4, -0.2) is 30.9 Å². The molecule has 3 N–H and O–H groups in total. The molecule has 0 amide bonds. The van der Waals surface area contributed by atoms with Gasteiger partial charge >= 0.3 is 6.61 Å². The van der Waals surface area contributed by atoms with Crippen molar-refractivity contribution in [2.45, 2.75) is 26.6 Å². The van der Waals surface area contributed by atoms with Crippen molar-refractivity contribution >= 4 is 40.8 Å². The molecule has 0 saturated heterocycles. The van der Waals surface area contributed by atoms with Crippen LogP contribution >= 0.6 is 24.0 Å². The quantitative estimate of drug-likeness (QED) is 0.234. The molecule has 10 heteroatoms. The molecule has 0 atom stereocenters. The molecule has 166 valence electrons. The number of hydrogen-bond acceptors (Lipinski definition) is 4. The Kier molecular flexibility index (Phi) is 7.77. The van der Waals surface area contributed by atoms with E-state index in [0.29, 0.717) is 36.1 Å². The van der Waals surface area contributed by atoms with Crippen LogP contribution in [0.1, 0.15) is 18.2 Å². The first-order valence-electron chi connectivity index (χ1n) is 9.58. The van der Waals surface area contributed by atoms with Crippen LogP contribution < -0.4 is 24.8 Å². The van der Waals surface area contributed by atoms with E-state index in [1.807, 2.05) is 31.2 Å². The Hall–Kier alpha value is -2.76. The molecule has 0 aliphatic carbocycles. The van der Waals surface area contributed by atoms with E-state index in [4.69, 9.17) is 9.47 Å². The second-order valence-corrected chi connectivity index (χ2v) is 6.62. The number of aliphatic imine (C=N–C) groups is 1. The number of guanidine groups is 1. The van der Waals surface area contributed by atoms with Gasteiger partial charge in [-0.15, -0.1) is 24.0 Å². The number of para-hydroxylation sites is 1. The summed E-state index contributed by atoms with van der Waals surface area (Å²) in [4.78, 5) is 7.85. The molecule has 0 bridgehead atoms. The third-order valence-corrected chi connectivity index (χ3v) is 4.56. The molecule has 3 aromatic rings. The van der Waals surface area contributed by atoms with Crippen LogP contribution in [0.2, 0.25) is 0 Å². The van der Waals surface area contributed by atoms with Gasteiger partial charge in [-0.3, -0.25) is 0 Å². The molecule has 1 aliphatic rings. The van der Waals surface area contributed by atoms with Gasteiger partial charge in [0.05, 0.1) is 13.1 Å². The minimum absolute atomic E-state index is 0. The minimum Gasteiger partial charge on any atom is -0.454 e. The van der Waals surface area contributed by atoms with Crippen molar-refractivity contribution in [3.05, 3.63) is 53.7 Å². The van der Waals surface area contributed by atoms with Gasteiger partial charge in [0.1, 0.15) is 5.75 Å². The Morgan fingerprint density at radius 1 is 1.16 bits per heavy atom. The predicted octanol–water partition coefficient (Wildman–Crippen LogP) is 4.37. The SMILES string of the molecule is CCNC(=NCc1cc2c(cc1OC(F)F)OCO2)NCc1cc2ccccc2[nH]1.I. The number of aromatic nitrogens is 1. The highest BCUT2D eigenvalue weighted by molar-refractivity contribution is 14.0. The van der Waals surface area contributed by atoms with Crippen molar-refractivity contribution in [3.63, 3.8) is 0 Å². The molecule has 0 radical (unpaired) electrons. The normalized spacial score (nSPS) is 12.7. The van der Waals surface area contributed by atoms with Crippen molar-refractivity contribution in [1.29, 1.82) is 0 Å². The predicted molar refractivity (Wildman–Crippen MR) is 125 cm³/mol. The molecule has 7 nitrogen and oxygen atoms in total. The number of H-pyrrole nitrogens is 1. The number of ether oxygens (including phenoxy) is 3. The summed E-state index contributed by atoms with van der Waals surface area (Å²) in [7, 11) is 0. The van der Waals surface area contributed by atoms with Gasteiger partial charge < -0.3 is 29.8 Å². The van der Waals surface area contributed by atoms with Crippen LogP contribution in [0.4, 0.5) is 8.78 Å². The second-order valence-electron chi connectivity index (χ2n) is 6.62. The lowest BCUT2D eigenvalue weighted by Gasteiger charge is -2.13. The number of benzene rings is 2. The molecule has 1 aliphatic heterocycles. The highest BCUT2D eigenvalue weighted by Crippen LogP contribution is 2.39. The van der Waals surface area contributed by atoms with Gasteiger partial charge in [-0.05, 0) is 30.5 Å². The maximum atomic E-state index is 12.8. The van der Waals surface area contributed by atoms with E-state index < -0.39 is 6.61 Å². The summed E-state index contributed by atoms with van der Waals surface area (Å²) in [6.45, 7) is 0.362. The Labute approximate surface area is 195 Å². The number of fused-ring (bicyclic) bond motifs is 2. The largest absolute Gasteiger partial charge is 0.454 e. The van der Waals surface area contributed by atoms with Gasteiger partial charge in [-0.25, -0.2) is 4.99 Å². The third kappa shape index (κ3) is 5.69. The fourth-order valence-corrected chi connectivity index (χ4v) is 3.21. The molecule has 2 heterocycles. The van der Waals surface area contributed by atoms with Crippen molar-refractivity contribution in [2.75, 3.05) is 13.3 Å². The Balaban J connectivity index is 0.00000272. The van der Waals surface area contributed by atoms with E-state index >= 15 is 0 Å². The van der Waals surface area contributed by atoms with E-state index in [9.17, 15) is 8.78 Å². The first kappa shape index (κ1) is 22.9. The summed E-state index contributed by atoms with van der Waals surface area (Å²) in [5.41, 5.74) is 2.54. The zero-order valence-corrected chi connectivity index (χ0v) is 19.1. The maximum Gasteiger partial charge on any atom is 0.387 e. The summed E-state index contributed by atoms with van der Waals surface area (Å²) in [5.74, 6) is 1.43. The number of nitrogens with one attached hydrogen (secondary N) is 3. The number of aromatic amines is 1. The fraction of sp³-hybridized carbons (Fsp3) is 0.286. The van der Waals surface area contributed by atoms with Crippen molar-refractivity contribution < 1.29 is 23.0 Å². The third-order valence-electron chi connectivity index (χ3n) is 4.56. The molecule has 2 aromatic carbocycles. The Morgan fingerprint density at radius 3 is 2.68 bits per heavy atom. The number of hydrogen-bond donors (Lipinski definition) is 3. The number of nitrogens with zero attached hydrogens (tertiary/aromatic N) is 1. The van der Waals surface area contributed by atoms with Crippen molar-refractivity contribution in [2.24, 2.45) is 4.99 Å². The lowest BCUT2D eigenvalue weighted by atomic mass is 10.1. The van der Waals surface area contributed by atoms with Gasteiger partial charge in [0.2, 0.25) is 6.79 Å². The lowest BCUT2D eigenvalue weighted by Crippen LogP contribution is -2.36.